The smallest absolute Gasteiger partial charge is 0.226 e. The van der Waals surface area contributed by atoms with Crippen molar-refractivity contribution >= 4 is 0 Å². The highest BCUT2D eigenvalue weighted by molar-refractivity contribution is 5.05. The van der Waals surface area contributed by atoms with Crippen molar-refractivity contribution < 1.29 is 9.47 Å². The van der Waals surface area contributed by atoms with Gasteiger partial charge >= 0.3 is 0 Å². The van der Waals surface area contributed by atoms with Crippen LogP contribution >= 0.6 is 0 Å². The van der Waals surface area contributed by atoms with E-state index >= 15 is 0 Å². The molecule has 0 aromatic carbocycles. The maximum Gasteiger partial charge on any atom is 0.226 e. The lowest BCUT2D eigenvalue weighted by molar-refractivity contribution is -0.0276. The Kier molecular flexibility index (Phi) is 0.121. The summed E-state index contributed by atoms with van der Waals surface area (Å²) in [4.78, 5) is 0. The summed E-state index contributed by atoms with van der Waals surface area (Å²) < 4.78 is 9.32. The molecule has 0 spiro atoms. The van der Waals surface area contributed by atoms with E-state index in [-0.39, 0.29) is 12.1 Å². The fourth-order valence-electron chi connectivity index (χ4n) is 0.303. The molecular weight excluding hydrogens is 68.0 g/mol. The van der Waals surface area contributed by atoms with E-state index < -0.39 is 0 Å². The van der Waals surface area contributed by atoms with Gasteiger partial charge in [0.2, 0.25) is 12.1 Å². The Labute approximate surface area is 29.7 Å². The standard InChI is InChI=1S/C3H3O2/c1-3-2(4-3)5-3/h2H,1H2. The van der Waals surface area contributed by atoms with Crippen LogP contribution in [0.2, 0.25) is 0 Å². The minimum atomic E-state index is -0.333. The third-order valence-electron chi connectivity index (χ3n) is 0.858. The van der Waals surface area contributed by atoms with E-state index in [0.29, 0.717) is 0 Å². The van der Waals surface area contributed by atoms with Crippen LogP contribution in [0.15, 0.2) is 0 Å². The molecule has 1 radical (unpaired) electrons. The Morgan fingerprint density at radius 2 is 1.80 bits per heavy atom. The van der Waals surface area contributed by atoms with Gasteiger partial charge in [-0.1, -0.05) is 0 Å². The average molecular weight is 71.1 g/mol. The molecule has 0 aromatic rings. The molecule has 2 nitrogen and oxygen atoms in total. The minimum Gasteiger partial charge on any atom is -0.310 e. The first-order valence-electron chi connectivity index (χ1n) is 1.52. The summed E-state index contributed by atoms with van der Waals surface area (Å²) in [5.41, 5.74) is 0. The van der Waals surface area contributed by atoms with Gasteiger partial charge in [-0.15, -0.1) is 0 Å². The van der Waals surface area contributed by atoms with E-state index in [1.165, 1.54) is 0 Å². The first-order valence-corrected chi connectivity index (χ1v) is 1.52. The number of rotatable bonds is 0. The van der Waals surface area contributed by atoms with Gasteiger partial charge in [-0.3, -0.25) is 0 Å². The van der Waals surface area contributed by atoms with Gasteiger partial charge in [0, 0.05) is 6.92 Å². The van der Waals surface area contributed by atoms with Crippen LogP contribution in [0.4, 0.5) is 0 Å². The summed E-state index contributed by atoms with van der Waals surface area (Å²) in [7, 11) is 0. The van der Waals surface area contributed by atoms with Gasteiger partial charge in [-0.25, -0.2) is 0 Å². The van der Waals surface area contributed by atoms with E-state index in [1.807, 2.05) is 0 Å². The van der Waals surface area contributed by atoms with Gasteiger partial charge in [0.1, 0.15) is 0 Å². The van der Waals surface area contributed by atoms with Crippen LogP contribution in [0, 0.1) is 6.92 Å². The molecule has 0 N–H and O–H groups in total. The second kappa shape index (κ2) is 0.280. The second-order valence-corrected chi connectivity index (χ2v) is 1.38. The van der Waals surface area contributed by atoms with Gasteiger partial charge in [0.05, 0.1) is 0 Å². The van der Waals surface area contributed by atoms with Crippen LogP contribution in [0.1, 0.15) is 0 Å². The van der Waals surface area contributed by atoms with Crippen molar-refractivity contribution in [3.05, 3.63) is 6.92 Å². The molecule has 2 rings (SSSR count). The quantitative estimate of drug-likeness (QED) is 0.373. The van der Waals surface area contributed by atoms with Crippen LogP contribution in [0.25, 0.3) is 0 Å². The molecule has 0 atom stereocenters. The predicted molar refractivity (Wildman–Crippen MR) is 14.0 cm³/mol. The molecule has 2 aliphatic heterocycles. The monoisotopic (exact) mass is 71.0 g/mol. The number of epoxide rings is 2. The summed E-state index contributed by atoms with van der Waals surface area (Å²) in [6.45, 7) is 3.51. The lowest BCUT2D eigenvalue weighted by Crippen LogP contribution is -1.86. The zero-order chi connectivity index (χ0) is 3.49. The lowest BCUT2D eigenvalue weighted by Gasteiger charge is -1.81. The first kappa shape index (κ1) is 2.16. The summed E-state index contributed by atoms with van der Waals surface area (Å²) in [6.07, 6.45) is 0.0856. The Morgan fingerprint density at radius 3 is 1.80 bits per heavy atom. The SMILES string of the molecule is [CH2]C12OC1O2. The third-order valence-corrected chi connectivity index (χ3v) is 0.858. The number of hydrogen-bond donors (Lipinski definition) is 0. The van der Waals surface area contributed by atoms with Crippen molar-refractivity contribution in [2.75, 3.05) is 0 Å². The summed E-state index contributed by atoms with van der Waals surface area (Å²) >= 11 is 0. The van der Waals surface area contributed by atoms with Crippen molar-refractivity contribution in [3.8, 4) is 0 Å². The van der Waals surface area contributed by atoms with Crippen LogP contribution < -0.4 is 0 Å². The molecule has 0 saturated carbocycles. The van der Waals surface area contributed by atoms with Crippen molar-refractivity contribution in [2.24, 2.45) is 0 Å². The van der Waals surface area contributed by atoms with Crippen molar-refractivity contribution in [1.82, 2.24) is 0 Å². The van der Waals surface area contributed by atoms with Gasteiger partial charge in [-0.2, -0.15) is 0 Å². The molecule has 5 heavy (non-hydrogen) atoms. The molecule has 0 aromatic heterocycles. The highest BCUT2D eigenvalue weighted by Gasteiger charge is 2.73. The molecule has 0 unspecified atom stereocenters. The van der Waals surface area contributed by atoms with Gasteiger partial charge in [0.15, 0.2) is 0 Å². The largest absolute Gasteiger partial charge is 0.310 e. The van der Waals surface area contributed by atoms with E-state index in [0.717, 1.165) is 0 Å². The van der Waals surface area contributed by atoms with E-state index in [9.17, 15) is 0 Å². The predicted octanol–water partition coefficient (Wildman–Crippen LogP) is -0.0967. The first-order chi connectivity index (χ1) is 2.31. The molecule has 2 aliphatic rings. The van der Waals surface area contributed by atoms with Crippen molar-refractivity contribution in [3.63, 3.8) is 0 Å². The maximum absolute atomic E-state index is 4.66. The van der Waals surface area contributed by atoms with Crippen molar-refractivity contribution in [2.45, 2.75) is 12.1 Å². The summed E-state index contributed by atoms with van der Waals surface area (Å²) in [5.74, 6) is -0.333. The Morgan fingerprint density at radius 1 is 1.60 bits per heavy atom. The number of fused-ring (bicyclic) bond motifs is 1. The van der Waals surface area contributed by atoms with Crippen molar-refractivity contribution in [1.29, 1.82) is 0 Å². The van der Waals surface area contributed by atoms with Gasteiger partial charge in [-0.05, 0) is 0 Å². The van der Waals surface area contributed by atoms with E-state index in [1.54, 1.807) is 0 Å². The summed E-state index contributed by atoms with van der Waals surface area (Å²) in [5, 5.41) is 0. The van der Waals surface area contributed by atoms with Gasteiger partial charge in [0.25, 0.3) is 0 Å². The number of ether oxygens (including phenoxy) is 2. The van der Waals surface area contributed by atoms with E-state index in [4.69, 9.17) is 0 Å². The van der Waals surface area contributed by atoms with Crippen LogP contribution in [-0.4, -0.2) is 12.1 Å². The van der Waals surface area contributed by atoms with Crippen LogP contribution in [-0.2, 0) is 9.47 Å². The molecule has 0 aliphatic carbocycles. The molecule has 0 bridgehead atoms. The third kappa shape index (κ3) is 0.102. The fourth-order valence-corrected chi connectivity index (χ4v) is 0.303. The minimum absolute atomic E-state index is 0.0856. The van der Waals surface area contributed by atoms with Gasteiger partial charge < -0.3 is 9.47 Å². The molecule has 2 heteroatoms. The Balaban J connectivity index is 2.37. The van der Waals surface area contributed by atoms with Crippen LogP contribution in [0.3, 0.4) is 0 Å². The molecule has 0 amide bonds. The Hall–Kier alpha value is -0.0800. The normalized spacial score (nSPS) is 70.2. The Bertz CT molecular complexity index is 73.0. The number of hydrogen-bond acceptors (Lipinski definition) is 2. The molecule has 27 valence electrons. The fraction of sp³-hybridized carbons (Fsp3) is 0.667. The lowest BCUT2D eigenvalue weighted by atomic mass is 10.6. The molecule has 2 heterocycles. The zero-order valence-electron chi connectivity index (χ0n) is 2.60. The van der Waals surface area contributed by atoms with E-state index in [2.05, 4.69) is 16.4 Å². The molecule has 2 fully saturated rings. The second-order valence-electron chi connectivity index (χ2n) is 1.38. The zero-order valence-corrected chi connectivity index (χ0v) is 2.60. The topological polar surface area (TPSA) is 25.1 Å². The highest BCUT2D eigenvalue weighted by atomic mass is 17.0. The molecule has 2 saturated heterocycles. The average Bonchev–Trinajstić information content (AvgIpc) is 1.74. The van der Waals surface area contributed by atoms with Crippen LogP contribution in [0.5, 0.6) is 0 Å². The maximum atomic E-state index is 4.66. The molecular formula is C3H3O2. The highest BCUT2D eigenvalue weighted by Crippen LogP contribution is 2.54. The summed E-state index contributed by atoms with van der Waals surface area (Å²) in [6, 6.07) is 0.